The van der Waals surface area contributed by atoms with E-state index >= 15 is 0 Å². The Kier molecular flexibility index (Phi) is 12.2. The summed E-state index contributed by atoms with van der Waals surface area (Å²) in [6.07, 6.45) is 8.46. The van der Waals surface area contributed by atoms with Crippen molar-refractivity contribution in [3.05, 3.63) is 71.5 Å². The van der Waals surface area contributed by atoms with Gasteiger partial charge in [-0.2, -0.15) is 0 Å². The van der Waals surface area contributed by atoms with Gasteiger partial charge in [0.2, 0.25) is 11.8 Å². The quantitative estimate of drug-likeness (QED) is 0.146. The van der Waals surface area contributed by atoms with Gasteiger partial charge in [-0.1, -0.05) is 60.1 Å². The van der Waals surface area contributed by atoms with Gasteiger partial charge in [0.05, 0.1) is 31.1 Å². The van der Waals surface area contributed by atoms with Crippen LogP contribution in [0, 0.1) is 11.8 Å². The lowest BCUT2D eigenvalue weighted by atomic mass is 9.90. The maximum Gasteiger partial charge on any atom is 0.407 e. The predicted octanol–water partition coefficient (Wildman–Crippen LogP) is 7.86. The molecule has 3 amide bonds. The summed E-state index contributed by atoms with van der Waals surface area (Å²) in [5.41, 5.74) is 5.53. The van der Waals surface area contributed by atoms with Crippen LogP contribution in [-0.2, 0) is 23.8 Å². The fourth-order valence-corrected chi connectivity index (χ4v) is 9.66. The number of aromatic amines is 2. The normalized spacial score (nSPS) is 23.6. The molecule has 4 aliphatic rings. The topological polar surface area (TPSA) is 155 Å². The van der Waals surface area contributed by atoms with Crippen LogP contribution in [0.3, 0.4) is 0 Å². The van der Waals surface area contributed by atoms with E-state index in [0.717, 1.165) is 85.5 Å². The number of nitrogens with one attached hydrogen (secondary N) is 3. The largest absolute Gasteiger partial charge is 0.453 e. The zero-order valence-corrected chi connectivity index (χ0v) is 34.3. The molecular weight excluding hydrogens is 758 g/mol. The van der Waals surface area contributed by atoms with Crippen LogP contribution in [0.25, 0.3) is 33.6 Å². The summed E-state index contributed by atoms with van der Waals surface area (Å²) in [6, 6.07) is 15.6. The van der Waals surface area contributed by atoms with Crippen molar-refractivity contribution in [1.29, 1.82) is 0 Å². The molecule has 4 fully saturated rings. The number of halogens is 1. The first-order valence-electron chi connectivity index (χ1n) is 20.8. The number of carbonyl (C=O) groups is 3. The minimum absolute atomic E-state index is 0.0408. The number of imidazole rings is 2. The summed E-state index contributed by atoms with van der Waals surface area (Å²) in [5.74, 6) is 1.88. The van der Waals surface area contributed by atoms with E-state index in [-0.39, 0.29) is 41.9 Å². The molecule has 3 N–H and O–H groups in total. The molecule has 14 heteroatoms. The first kappa shape index (κ1) is 40.1. The van der Waals surface area contributed by atoms with Gasteiger partial charge in [-0.05, 0) is 93.7 Å². The second-order valence-electron chi connectivity index (χ2n) is 16.4. The molecule has 8 rings (SSSR count). The second-order valence-corrected chi connectivity index (χ2v) is 16.8. The Morgan fingerprint density at radius 1 is 0.776 bits per heavy atom. The van der Waals surface area contributed by atoms with E-state index in [0.29, 0.717) is 55.1 Å². The van der Waals surface area contributed by atoms with E-state index in [1.165, 1.54) is 7.11 Å². The average molecular weight is 812 g/mol. The number of ether oxygens (including phenoxy) is 3. The average Bonchev–Trinajstić information content (AvgIpc) is 4.06. The van der Waals surface area contributed by atoms with Crippen molar-refractivity contribution in [3.63, 3.8) is 0 Å². The van der Waals surface area contributed by atoms with Crippen LogP contribution in [0.1, 0.15) is 95.4 Å². The molecule has 6 heterocycles. The zero-order valence-electron chi connectivity index (χ0n) is 33.5. The van der Waals surface area contributed by atoms with Gasteiger partial charge < -0.3 is 39.3 Å². The van der Waals surface area contributed by atoms with E-state index in [4.69, 9.17) is 35.8 Å². The summed E-state index contributed by atoms with van der Waals surface area (Å²) in [4.78, 5) is 60.5. The van der Waals surface area contributed by atoms with E-state index in [9.17, 15) is 14.4 Å². The summed E-state index contributed by atoms with van der Waals surface area (Å²) in [5, 5.41) is 3.23. The smallest absolute Gasteiger partial charge is 0.407 e. The van der Waals surface area contributed by atoms with Gasteiger partial charge in [0.15, 0.2) is 0 Å². The molecule has 5 atom stereocenters. The highest BCUT2D eigenvalue weighted by molar-refractivity contribution is 6.31. The monoisotopic (exact) mass is 811 g/mol. The number of nitrogens with zero attached hydrogens (tertiary/aromatic N) is 4. The molecule has 0 unspecified atom stereocenters. The summed E-state index contributed by atoms with van der Waals surface area (Å²) in [6.45, 7) is 6.75. The Balaban J connectivity index is 0.938. The van der Waals surface area contributed by atoms with Gasteiger partial charge in [-0.3, -0.25) is 9.59 Å². The molecule has 13 nitrogen and oxygen atoms in total. The van der Waals surface area contributed by atoms with E-state index in [1.807, 2.05) is 30.2 Å². The predicted molar refractivity (Wildman–Crippen MR) is 220 cm³/mol. The van der Waals surface area contributed by atoms with Crippen LogP contribution in [0.2, 0.25) is 5.15 Å². The highest BCUT2D eigenvalue weighted by atomic mass is 35.5. The van der Waals surface area contributed by atoms with Crippen LogP contribution >= 0.6 is 11.6 Å². The number of likely N-dealkylation sites (tertiary alicyclic amines) is 2. The third kappa shape index (κ3) is 8.39. The summed E-state index contributed by atoms with van der Waals surface area (Å²) < 4.78 is 15.9. The number of benzene rings is 2. The van der Waals surface area contributed by atoms with E-state index < -0.39 is 12.1 Å². The van der Waals surface area contributed by atoms with Crippen molar-refractivity contribution in [2.45, 2.75) is 102 Å². The summed E-state index contributed by atoms with van der Waals surface area (Å²) >= 11 is 6.80. The lowest BCUT2D eigenvalue weighted by Gasteiger charge is -2.36. The number of alkyl carbamates (subject to hydrolysis) is 1. The lowest BCUT2D eigenvalue weighted by molar-refractivity contribution is -0.139. The molecule has 0 bridgehead atoms. The Hall–Kier alpha value is -4.72. The molecule has 4 aliphatic heterocycles. The SMILES string of the molecule is COC(=O)N[C@H](C(=O)N1[C@@H](C)CC[C@H]1c1nc(-c2ccc(-c3ccc(-c4cnc([C@@H]5CC[C@H](C)N5C(=O)CC5CCOCC5)[nH]4)cc3)cc2)c(Cl)[nH]1)C1CCOCC1. The number of hydrogen-bond acceptors (Lipinski definition) is 8. The van der Waals surface area contributed by atoms with Gasteiger partial charge in [0.1, 0.15) is 28.5 Å². The van der Waals surface area contributed by atoms with Gasteiger partial charge in [-0.15, -0.1) is 0 Å². The van der Waals surface area contributed by atoms with Crippen LogP contribution in [0.15, 0.2) is 54.7 Å². The van der Waals surface area contributed by atoms with Crippen LogP contribution in [0.4, 0.5) is 4.79 Å². The third-order valence-corrected chi connectivity index (χ3v) is 13.0. The molecule has 308 valence electrons. The van der Waals surface area contributed by atoms with Gasteiger partial charge in [0, 0.05) is 50.5 Å². The van der Waals surface area contributed by atoms with Crippen molar-refractivity contribution < 1.29 is 28.6 Å². The molecule has 0 aliphatic carbocycles. The molecule has 0 saturated carbocycles. The van der Waals surface area contributed by atoms with E-state index in [1.54, 1.807) is 0 Å². The molecule has 0 radical (unpaired) electrons. The second kappa shape index (κ2) is 17.6. The van der Waals surface area contributed by atoms with Gasteiger partial charge in [-0.25, -0.2) is 14.8 Å². The maximum atomic E-state index is 14.2. The fourth-order valence-electron chi connectivity index (χ4n) is 9.41. The number of aromatic nitrogens is 4. The highest BCUT2D eigenvalue weighted by Gasteiger charge is 2.43. The number of methoxy groups -OCH3 is 1. The minimum Gasteiger partial charge on any atom is -0.453 e. The highest BCUT2D eigenvalue weighted by Crippen LogP contribution is 2.40. The van der Waals surface area contributed by atoms with Crippen molar-refractivity contribution >= 4 is 29.5 Å². The number of H-pyrrole nitrogens is 2. The minimum atomic E-state index is -0.723. The number of rotatable bonds is 10. The Bertz CT molecular complexity index is 2060. The van der Waals surface area contributed by atoms with Crippen molar-refractivity contribution in [1.82, 2.24) is 35.1 Å². The molecule has 0 spiro atoms. The summed E-state index contributed by atoms with van der Waals surface area (Å²) in [7, 11) is 1.31. The molecule has 2 aromatic carbocycles. The van der Waals surface area contributed by atoms with Crippen LogP contribution in [0.5, 0.6) is 0 Å². The molecule has 2 aromatic heterocycles. The zero-order chi connectivity index (χ0) is 40.3. The van der Waals surface area contributed by atoms with Crippen molar-refractivity contribution in [2.24, 2.45) is 11.8 Å². The Labute approximate surface area is 344 Å². The van der Waals surface area contributed by atoms with E-state index in [2.05, 4.69) is 63.5 Å². The number of amides is 3. The van der Waals surface area contributed by atoms with Crippen LogP contribution in [-0.4, -0.2) is 99.3 Å². The third-order valence-electron chi connectivity index (χ3n) is 12.7. The first-order valence-corrected chi connectivity index (χ1v) is 21.2. The van der Waals surface area contributed by atoms with Gasteiger partial charge in [0.25, 0.3) is 0 Å². The first-order chi connectivity index (χ1) is 28.2. The fraction of sp³-hybridized carbons (Fsp3) is 0.523. The maximum absolute atomic E-state index is 14.2. The Morgan fingerprint density at radius 2 is 1.34 bits per heavy atom. The molecular formula is C44H54ClN7O6. The van der Waals surface area contributed by atoms with Crippen molar-refractivity contribution in [2.75, 3.05) is 33.5 Å². The lowest BCUT2D eigenvalue weighted by Crippen LogP contribution is -2.54. The Morgan fingerprint density at radius 3 is 1.98 bits per heavy atom. The van der Waals surface area contributed by atoms with Crippen LogP contribution < -0.4 is 5.32 Å². The standard InChI is InChI=1S/C44H54ClN7O6/c1-26-4-14-35(51(26)37(53)24-28-16-20-57-21-17-28)41-46-25-34(47-41)31-10-6-29(7-11-31)30-8-12-32(13-9-30)38-40(45)50-42(48-38)36-15-5-27(2)52(36)43(54)39(49-44(55)56-3)33-18-22-58-23-19-33/h6-13,25-28,33,35-36,39H,4-5,14-24H2,1-3H3,(H,46,47)(H,48,50)(H,49,55)/t26-,27-,35-,36-,39-/m0/s1. The number of carbonyl (C=O) groups excluding carboxylic acids is 3. The molecule has 4 aromatic rings. The molecule has 58 heavy (non-hydrogen) atoms. The van der Waals surface area contributed by atoms with Gasteiger partial charge >= 0.3 is 6.09 Å². The number of hydrogen-bond donors (Lipinski definition) is 3. The molecule has 4 saturated heterocycles. The van der Waals surface area contributed by atoms with Crippen molar-refractivity contribution in [3.8, 4) is 33.6 Å².